The Balaban J connectivity index is 1.99. The molecule has 1 rings (SSSR count). The largest absolute Gasteiger partial charge is 0.0839 e. The van der Waals surface area contributed by atoms with Crippen LogP contribution >= 0.6 is 0 Å². The first-order valence-corrected chi connectivity index (χ1v) is 11.6. The summed E-state index contributed by atoms with van der Waals surface area (Å²) in [5, 5.41) is 0. The van der Waals surface area contributed by atoms with Gasteiger partial charge in [0.1, 0.15) is 0 Å². The normalized spacial score (nSPS) is 11.5. The highest BCUT2D eigenvalue weighted by Gasteiger charge is 1.99. The van der Waals surface area contributed by atoms with Crippen molar-refractivity contribution in [2.45, 2.75) is 117 Å². The Labute approximate surface area is 164 Å². The molecule has 0 saturated heterocycles. The van der Waals surface area contributed by atoms with Crippen molar-refractivity contribution in [3.05, 3.63) is 41.5 Å². The minimum atomic E-state index is 1.19. The van der Waals surface area contributed by atoms with Crippen LogP contribution in [-0.4, -0.2) is 0 Å². The molecule has 26 heavy (non-hydrogen) atoms. The number of hydrogen-bond acceptors (Lipinski definition) is 0. The molecule has 0 aliphatic carbocycles. The standard InChI is InChI=1S/C26H44/c1-3-5-7-8-9-10-11-12-13-14-15-16-18-22-26-24-20-19-23-25(26)21-17-6-4-2/h17,19-21,23-24H,3-16,18,22H2,1-2H3/b21-17+. The van der Waals surface area contributed by atoms with Crippen molar-refractivity contribution in [2.75, 3.05) is 0 Å². The average molecular weight is 357 g/mol. The molecular formula is C26H44. The lowest BCUT2D eigenvalue weighted by Crippen LogP contribution is -1.90. The third-order valence-electron chi connectivity index (χ3n) is 5.36. The van der Waals surface area contributed by atoms with Crippen molar-refractivity contribution < 1.29 is 0 Å². The maximum Gasteiger partial charge on any atom is -0.0228 e. The van der Waals surface area contributed by atoms with Gasteiger partial charge in [0.25, 0.3) is 0 Å². The van der Waals surface area contributed by atoms with E-state index < -0.39 is 0 Å². The van der Waals surface area contributed by atoms with Gasteiger partial charge in [-0.05, 0) is 30.4 Å². The summed E-state index contributed by atoms with van der Waals surface area (Å²) < 4.78 is 0. The van der Waals surface area contributed by atoms with Crippen LogP contribution in [0.2, 0.25) is 0 Å². The van der Waals surface area contributed by atoms with Crippen molar-refractivity contribution in [2.24, 2.45) is 0 Å². The third kappa shape index (κ3) is 12.3. The van der Waals surface area contributed by atoms with E-state index in [0.29, 0.717) is 0 Å². The Morgan fingerprint density at radius 3 is 1.73 bits per heavy atom. The molecule has 0 heteroatoms. The van der Waals surface area contributed by atoms with Crippen LogP contribution in [0.5, 0.6) is 0 Å². The molecule has 1 aromatic carbocycles. The molecule has 0 atom stereocenters. The molecule has 1 aromatic rings. The lowest BCUT2D eigenvalue weighted by molar-refractivity contribution is 0.539. The summed E-state index contributed by atoms with van der Waals surface area (Å²) in [7, 11) is 0. The van der Waals surface area contributed by atoms with Gasteiger partial charge in [-0.25, -0.2) is 0 Å². The van der Waals surface area contributed by atoms with E-state index in [9.17, 15) is 0 Å². The summed E-state index contributed by atoms with van der Waals surface area (Å²) in [6.07, 6.45) is 26.9. The van der Waals surface area contributed by atoms with Gasteiger partial charge in [0.05, 0.1) is 0 Å². The fraction of sp³-hybridized carbons (Fsp3) is 0.692. The van der Waals surface area contributed by atoms with Crippen LogP contribution in [0.3, 0.4) is 0 Å². The first-order valence-electron chi connectivity index (χ1n) is 11.6. The van der Waals surface area contributed by atoms with Crippen molar-refractivity contribution in [1.82, 2.24) is 0 Å². The smallest absolute Gasteiger partial charge is 0.0228 e. The number of allylic oxidation sites excluding steroid dienone is 1. The van der Waals surface area contributed by atoms with E-state index >= 15 is 0 Å². The molecule has 148 valence electrons. The van der Waals surface area contributed by atoms with E-state index in [4.69, 9.17) is 0 Å². The van der Waals surface area contributed by atoms with Gasteiger partial charge in [0, 0.05) is 0 Å². The molecule has 0 aromatic heterocycles. The van der Waals surface area contributed by atoms with E-state index in [0.717, 1.165) is 0 Å². The number of benzene rings is 1. The fourth-order valence-corrected chi connectivity index (χ4v) is 3.63. The number of aryl methyl sites for hydroxylation is 1. The minimum Gasteiger partial charge on any atom is -0.0839 e. The van der Waals surface area contributed by atoms with Gasteiger partial charge in [0.15, 0.2) is 0 Å². The first-order chi connectivity index (χ1) is 12.9. The van der Waals surface area contributed by atoms with Crippen molar-refractivity contribution >= 4 is 6.08 Å². The lowest BCUT2D eigenvalue weighted by atomic mass is 9.99. The quantitative estimate of drug-likeness (QED) is 0.244. The molecule has 0 saturated carbocycles. The molecule has 0 unspecified atom stereocenters. The highest BCUT2D eigenvalue weighted by atomic mass is 14.0. The Hall–Kier alpha value is -1.04. The maximum absolute atomic E-state index is 2.32. The van der Waals surface area contributed by atoms with Crippen LogP contribution in [0.25, 0.3) is 6.08 Å². The van der Waals surface area contributed by atoms with Crippen LogP contribution in [0.4, 0.5) is 0 Å². The summed E-state index contributed by atoms with van der Waals surface area (Å²) >= 11 is 0. The molecule has 0 fully saturated rings. The van der Waals surface area contributed by atoms with E-state index in [1.54, 1.807) is 0 Å². The zero-order chi connectivity index (χ0) is 18.7. The summed E-state index contributed by atoms with van der Waals surface area (Å²) in [4.78, 5) is 0. The molecular weight excluding hydrogens is 312 g/mol. The highest BCUT2D eigenvalue weighted by Crippen LogP contribution is 2.17. The molecule has 0 nitrogen and oxygen atoms in total. The van der Waals surface area contributed by atoms with Gasteiger partial charge in [0.2, 0.25) is 0 Å². The summed E-state index contributed by atoms with van der Waals surface area (Å²) in [5.74, 6) is 0. The lowest BCUT2D eigenvalue weighted by Gasteiger charge is -2.06. The molecule has 0 heterocycles. The Morgan fingerprint density at radius 1 is 0.615 bits per heavy atom. The van der Waals surface area contributed by atoms with E-state index in [2.05, 4.69) is 50.3 Å². The molecule has 0 aliphatic rings. The fourth-order valence-electron chi connectivity index (χ4n) is 3.63. The summed E-state index contributed by atoms with van der Waals surface area (Å²) in [6, 6.07) is 8.93. The molecule has 0 N–H and O–H groups in total. The van der Waals surface area contributed by atoms with Crippen LogP contribution in [-0.2, 0) is 6.42 Å². The molecule has 0 aliphatic heterocycles. The highest BCUT2D eigenvalue weighted by molar-refractivity contribution is 5.53. The van der Waals surface area contributed by atoms with Crippen molar-refractivity contribution in [3.63, 3.8) is 0 Å². The Kier molecular flexibility index (Phi) is 15.4. The van der Waals surface area contributed by atoms with E-state index in [-0.39, 0.29) is 0 Å². The van der Waals surface area contributed by atoms with Crippen LogP contribution in [0, 0.1) is 0 Å². The minimum absolute atomic E-state index is 1.19. The van der Waals surface area contributed by atoms with Gasteiger partial charge in [-0.1, -0.05) is 134 Å². The summed E-state index contributed by atoms with van der Waals surface area (Å²) in [6.45, 7) is 4.53. The maximum atomic E-state index is 2.32. The van der Waals surface area contributed by atoms with Crippen molar-refractivity contribution in [1.29, 1.82) is 0 Å². The van der Waals surface area contributed by atoms with Crippen LogP contribution in [0.15, 0.2) is 30.3 Å². The third-order valence-corrected chi connectivity index (χ3v) is 5.36. The summed E-state index contributed by atoms with van der Waals surface area (Å²) in [5.41, 5.74) is 2.96. The second-order valence-electron chi connectivity index (χ2n) is 7.88. The van der Waals surface area contributed by atoms with Gasteiger partial charge in [-0.15, -0.1) is 0 Å². The predicted molar refractivity (Wildman–Crippen MR) is 120 cm³/mol. The number of hydrogen-bond donors (Lipinski definition) is 0. The second kappa shape index (κ2) is 17.4. The van der Waals surface area contributed by atoms with Gasteiger partial charge in [-0.3, -0.25) is 0 Å². The Bertz CT molecular complexity index is 443. The van der Waals surface area contributed by atoms with Crippen molar-refractivity contribution in [3.8, 4) is 0 Å². The van der Waals surface area contributed by atoms with Gasteiger partial charge < -0.3 is 0 Å². The number of rotatable bonds is 17. The van der Waals surface area contributed by atoms with Crippen LogP contribution < -0.4 is 0 Å². The SMILES string of the molecule is CCC/C=C/c1ccccc1CCCCCCCCCCCCCCC. The van der Waals surface area contributed by atoms with Gasteiger partial charge in [-0.2, -0.15) is 0 Å². The topological polar surface area (TPSA) is 0 Å². The Morgan fingerprint density at radius 2 is 1.15 bits per heavy atom. The van der Waals surface area contributed by atoms with Crippen LogP contribution in [0.1, 0.15) is 121 Å². The monoisotopic (exact) mass is 356 g/mol. The molecule has 0 bridgehead atoms. The van der Waals surface area contributed by atoms with Gasteiger partial charge >= 0.3 is 0 Å². The molecule has 0 radical (unpaired) electrons. The first kappa shape index (κ1) is 23.0. The zero-order valence-corrected chi connectivity index (χ0v) is 17.8. The molecule has 0 spiro atoms. The number of unbranched alkanes of at least 4 members (excludes halogenated alkanes) is 13. The van der Waals surface area contributed by atoms with E-state index in [1.165, 1.54) is 114 Å². The predicted octanol–water partition coefficient (Wildman–Crippen LogP) is 9.13. The molecule has 0 amide bonds. The zero-order valence-electron chi connectivity index (χ0n) is 17.8. The average Bonchev–Trinajstić information content (AvgIpc) is 2.67. The second-order valence-corrected chi connectivity index (χ2v) is 7.88. The van der Waals surface area contributed by atoms with E-state index in [1.807, 2.05) is 0 Å².